The summed E-state index contributed by atoms with van der Waals surface area (Å²) < 4.78 is 0. The first-order valence-electron chi connectivity index (χ1n) is 27.4. The number of thiophene rings is 1. The molecular weight excluding hydrogens is 864 g/mol. The maximum Gasteiger partial charge on any atom is 0.253 e. The number of hydrogen-bond donors (Lipinski definition) is 0. The lowest BCUT2D eigenvalue weighted by atomic mass is 9.32. The summed E-state index contributed by atoms with van der Waals surface area (Å²) in [6.45, 7) is 35.5. The van der Waals surface area contributed by atoms with Crippen molar-refractivity contribution in [1.82, 2.24) is 0 Å². The molecule has 0 amide bonds. The minimum absolute atomic E-state index is 0.00260. The average molecular weight is 939 g/mol. The summed E-state index contributed by atoms with van der Waals surface area (Å²) >= 11 is 2.16. The Kier molecular flexibility index (Phi) is 8.43. The third kappa shape index (κ3) is 5.54. The van der Waals surface area contributed by atoms with Gasteiger partial charge in [-0.1, -0.05) is 126 Å². The molecule has 10 aliphatic rings. The largest absolute Gasteiger partial charge is 0.311 e. The van der Waals surface area contributed by atoms with Crippen LogP contribution in [0, 0.1) is 6.92 Å². The van der Waals surface area contributed by atoms with Gasteiger partial charge in [0.1, 0.15) is 0 Å². The van der Waals surface area contributed by atoms with Gasteiger partial charge in [0.25, 0.3) is 6.71 Å². The first-order chi connectivity index (χ1) is 32.9. The minimum atomic E-state index is -0.0912. The van der Waals surface area contributed by atoms with E-state index < -0.39 is 0 Å². The Labute approximate surface area is 424 Å². The predicted molar refractivity (Wildman–Crippen MR) is 301 cm³/mol. The molecule has 0 spiro atoms. The maximum atomic E-state index is 2.85. The van der Waals surface area contributed by atoms with E-state index in [1.807, 2.05) is 0 Å². The SMILES string of the molecule is Cc1cc2c3c(c1)N1c4cc5c(cc4-c4ccc(cc4)C4(C)CCC(C)(C)c6c4sc1c6B3c1cc3c(cc1N2c1ccc2c(c1)C(C)(C)CCC2(C)C)C1(C)CCC3(C)CC1)C(C)(C)CCC5(C)C. The van der Waals surface area contributed by atoms with Crippen LogP contribution in [0.2, 0.25) is 0 Å². The highest BCUT2D eigenvalue weighted by Gasteiger charge is 2.55. The summed E-state index contributed by atoms with van der Waals surface area (Å²) in [5.41, 5.74) is 28.7. The van der Waals surface area contributed by atoms with Crippen LogP contribution in [0.4, 0.5) is 33.4 Å². The third-order valence-electron chi connectivity index (χ3n) is 21.5. The summed E-state index contributed by atoms with van der Waals surface area (Å²) in [5.74, 6) is 0. The zero-order valence-corrected chi connectivity index (χ0v) is 45.8. The van der Waals surface area contributed by atoms with Crippen molar-refractivity contribution in [3.05, 3.63) is 134 Å². The van der Waals surface area contributed by atoms with Crippen LogP contribution in [0.15, 0.2) is 78.9 Å². The van der Waals surface area contributed by atoms with Gasteiger partial charge in [-0.3, -0.25) is 0 Å². The highest BCUT2D eigenvalue weighted by atomic mass is 32.1. The molecule has 1 fully saturated rings. The smallest absolute Gasteiger partial charge is 0.253 e. The molecule has 4 aliphatic heterocycles. The van der Waals surface area contributed by atoms with Crippen molar-refractivity contribution in [2.45, 2.75) is 204 Å². The van der Waals surface area contributed by atoms with Gasteiger partial charge in [-0.25, -0.2) is 0 Å². The highest BCUT2D eigenvalue weighted by Crippen LogP contribution is 2.62. The molecule has 0 saturated heterocycles. The van der Waals surface area contributed by atoms with Crippen LogP contribution in [0.1, 0.15) is 209 Å². The van der Waals surface area contributed by atoms with E-state index in [1.165, 1.54) is 140 Å². The molecule has 1 saturated carbocycles. The van der Waals surface area contributed by atoms with Crippen molar-refractivity contribution in [3.8, 4) is 11.1 Å². The van der Waals surface area contributed by atoms with Gasteiger partial charge < -0.3 is 9.80 Å². The lowest BCUT2D eigenvalue weighted by Gasteiger charge is -2.53. The molecule has 70 heavy (non-hydrogen) atoms. The monoisotopic (exact) mass is 939 g/mol. The predicted octanol–water partition coefficient (Wildman–Crippen LogP) is 16.3. The lowest BCUT2D eigenvalue weighted by Crippen LogP contribution is -2.63. The van der Waals surface area contributed by atoms with E-state index in [1.54, 1.807) is 27.0 Å². The van der Waals surface area contributed by atoms with Gasteiger partial charge in [0, 0.05) is 38.6 Å². The van der Waals surface area contributed by atoms with Gasteiger partial charge in [-0.2, -0.15) is 0 Å². The number of nitrogens with zero attached hydrogens (tertiary/aromatic N) is 2. The quantitative estimate of drug-likeness (QED) is 0.151. The maximum absolute atomic E-state index is 2.85. The minimum Gasteiger partial charge on any atom is -0.311 e. The fourth-order valence-electron chi connectivity index (χ4n) is 16.3. The Morgan fingerprint density at radius 1 is 0.443 bits per heavy atom. The number of fused-ring (bicyclic) bond motifs is 10. The molecular formula is C66H75BN2S. The van der Waals surface area contributed by atoms with Gasteiger partial charge >= 0.3 is 0 Å². The fourth-order valence-corrected chi connectivity index (χ4v) is 18.1. The molecule has 0 N–H and O–H groups in total. The van der Waals surface area contributed by atoms with Gasteiger partial charge in [-0.05, 0) is 224 Å². The van der Waals surface area contributed by atoms with Crippen LogP contribution in [0.3, 0.4) is 0 Å². The van der Waals surface area contributed by atoms with Crippen molar-refractivity contribution >= 4 is 67.9 Å². The van der Waals surface area contributed by atoms with E-state index in [0.717, 1.165) is 12.8 Å². The van der Waals surface area contributed by atoms with E-state index in [2.05, 4.69) is 197 Å². The number of hydrogen-bond acceptors (Lipinski definition) is 3. The van der Waals surface area contributed by atoms with E-state index in [9.17, 15) is 0 Å². The normalized spacial score (nSPS) is 27.7. The molecule has 6 aromatic rings. The van der Waals surface area contributed by atoms with E-state index in [4.69, 9.17) is 0 Å². The number of anilines is 6. The standard InChI is InChI=1S/C66H75BN2S/c1-38-31-52-55-53(32-38)69-50-36-46-45(61(6,7)23-24-62(46,8)9)34-42(50)39-15-17-40(18-16-39)66(14)30-25-63(10,11)54-56(58(69)70-57(54)66)67(55)49-35-47-48(65(13)28-26-64(47,12)27-29-65)37-51(49)68(52)41-19-20-43-44(33-41)60(4,5)22-21-59(43,2)3/h15-20,31-37H,21-30H2,1-14H3. The van der Waals surface area contributed by atoms with Crippen LogP contribution < -0.4 is 26.2 Å². The van der Waals surface area contributed by atoms with Crippen molar-refractivity contribution < 1.29 is 0 Å². The van der Waals surface area contributed by atoms with Crippen LogP contribution >= 0.6 is 11.3 Å². The number of aryl methyl sites for hydroxylation is 1. The molecule has 1 atom stereocenters. The molecule has 5 heterocycles. The molecule has 16 rings (SSSR count). The zero-order valence-electron chi connectivity index (χ0n) is 45.0. The van der Waals surface area contributed by atoms with Crippen molar-refractivity contribution in [2.24, 2.45) is 0 Å². The van der Waals surface area contributed by atoms with E-state index in [-0.39, 0.29) is 50.0 Å². The lowest BCUT2D eigenvalue weighted by molar-refractivity contribution is 0.188. The summed E-state index contributed by atoms with van der Waals surface area (Å²) in [5, 5.41) is 1.46. The van der Waals surface area contributed by atoms with Crippen molar-refractivity contribution in [1.29, 1.82) is 0 Å². The second-order valence-corrected chi connectivity index (χ2v) is 29.4. The van der Waals surface area contributed by atoms with Crippen LogP contribution in [0.25, 0.3) is 11.1 Å². The Balaban J connectivity index is 1.15. The number of rotatable bonds is 1. The third-order valence-corrected chi connectivity index (χ3v) is 23.0. The number of benzene rings is 5. The Morgan fingerprint density at radius 3 is 1.60 bits per heavy atom. The second-order valence-electron chi connectivity index (χ2n) is 28.4. The zero-order chi connectivity index (χ0) is 48.8. The first kappa shape index (κ1) is 44.2. The average Bonchev–Trinajstić information content (AvgIpc) is 3.73. The molecule has 4 heteroatoms. The summed E-state index contributed by atoms with van der Waals surface area (Å²) in [7, 11) is 0. The fraction of sp³-hybridized carbons (Fsp3) is 0.485. The van der Waals surface area contributed by atoms with Gasteiger partial charge in [0.15, 0.2) is 0 Å². The van der Waals surface area contributed by atoms with Crippen molar-refractivity contribution in [3.63, 3.8) is 0 Å². The summed E-state index contributed by atoms with van der Waals surface area (Å²) in [6, 6.07) is 33.9. The van der Waals surface area contributed by atoms with Crippen LogP contribution in [-0.2, 0) is 43.3 Å². The molecule has 6 bridgehead atoms. The highest BCUT2D eigenvalue weighted by molar-refractivity contribution is 7.20. The van der Waals surface area contributed by atoms with Gasteiger partial charge in [0.05, 0.1) is 10.7 Å². The Morgan fingerprint density at radius 2 is 0.971 bits per heavy atom. The molecule has 5 aromatic carbocycles. The molecule has 1 aromatic heterocycles. The van der Waals surface area contributed by atoms with Crippen LogP contribution in [-0.4, -0.2) is 6.71 Å². The van der Waals surface area contributed by atoms with E-state index >= 15 is 0 Å². The molecule has 358 valence electrons. The Bertz CT molecular complexity index is 3330. The molecule has 1 unspecified atom stereocenters. The second kappa shape index (κ2) is 13.3. The van der Waals surface area contributed by atoms with E-state index in [0.29, 0.717) is 0 Å². The van der Waals surface area contributed by atoms with Gasteiger partial charge in [0.2, 0.25) is 0 Å². The molecule has 6 aliphatic carbocycles. The van der Waals surface area contributed by atoms with Crippen LogP contribution in [0.5, 0.6) is 0 Å². The summed E-state index contributed by atoms with van der Waals surface area (Å²) in [4.78, 5) is 7.24. The molecule has 0 radical (unpaired) electrons. The Hall–Kier alpha value is -4.54. The topological polar surface area (TPSA) is 6.48 Å². The summed E-state index contributed by atoms with van der Waals surface area (Å²) in [6.07, 6.45) is 12.3. The first-order valence-corrected chi connectivity index (χ1v) is 28.2. The van der Waals surface area contributed by atoms with Crippen molar-refractivity contribution in [2.75, 3.05) is 9.80 Å². The van der Waals surface area contributed by atoms with Gasteiger partial charge in [-0.15, -0.1) is 11.3 Å². The molecule has 2 nitrogen and oxygen atoms in total.